The lowest BCUT2D eigenvalue weighted by Crippen LogP contribution is -2.47. The van der Waals surface area contributed by atoms with Crippen LogP contribution in [0.1, 0.15) is 25.7 Å². The van der Waals surface area contributed by atoms with Gasteiger partial charge < -0.3 is 15.0 Å². The molecule has 0 bridgehead atoms. The molecule has 1 N–H and O–H groups in total. The van der Waals surface area contributed by atoms with Gasteiger partial charge in [-0.15, -0.1) is 0 Å². The number of amides is 1. The van der Waals surface area contributed by atoms with Gasteiger partial charge in [0, 0.05) is 18.1 Å². The smallest absolute Gasteiger partial charge is 0.247 e. The first kappa shape index (κ1) is 21.1. The first-order chi connectivity index (χ1) is 14.4. The summed E-state index contributed by atoms with van der Waals surface area (Å²) in [6.07, 6.45) is 3.63. The van der Waals surface area contributed by atoms with Crippen LogP contribution >= 0.6 is 11.6 Å². The number of benzene rings is 1. The maximum atomic E-state index is 13.4. The summed E-state index contributed by atoms with van der Waals surface area (Å²) in [5, 5.41) is 3.19. The number of aromatic nitrogens is 1. The third-order valence-electron chi connectivity index (χ3n) is 5.83. The molecule has 2 aromatic rings. The van der Waals surface area contributed by atoms with E-state index in [1.165, 1.54) is 24.3 Å². The van der Waals surface area contributed by atoms with Gasteiger partial charge in [0.1, 0.15) is 5.82 Å². The molecule has 1 aromatic heterocycles. The molecule has 1 aliphatic heterocycles. The van der Waals surface area contributed by atoms with Crippen molar-refractivity contribution in [3.8, 4) is 0 Å². The van der Waals surface area contributed by atoms with Crippen LogP contribution < -0.4 is 10.2 Å². The number of nitrogens with one attached hydrogen (secondary N) is 1. The quantitative estimate of drug-likeness (QED) is 0.753. The van der Waals surface area contributed by atoms with E-state index in [0.29, 0.717) is 36.9 Å². The predicted molar refractivity (Wildman–Crippen MR) is 116 cm³/mol. The number of rotatable bonds is 5. The standard InChI is InChI=1S/C21H24ClN3O4S/c22-16-3-6-18(7-4-16)30(27,28)21(9-1-2-10-21)20(26)24-19-8-5-17(15-23-19)25-11-13-29-14-12-25/h3-8,15H,1-2,9-14H2,(H,23,24,26). The second-order valence-electron chi connectivity index (χ2n) is 7.61. The van der Waals surface area contributed by atoms with Crippen LogP contribution in [-0.4, -0.2) is 50.4 Å². The van der Waals surface area contributed by atoms with Gasteiger partial charge in [0.15, 0.2) is 14.6 Å². The molecular weight excluding hydrogens is 426 g/mol. The Hall–Kier alpha value is -2.16. The van der Waals surface area contributed by atoms with E-state index in [-0.39, 0.29) is 17.7 Å². The van der Waals surface area contributed by atoms with E-state index >= 15 is 0 Å². The van der Waals surface area contributed by atoms with Gasteiger partial charge >= 0.3 is 0 Å². The Labute approximate surface area is 181 Å². The van der Waals surface area contributed by atoms with Crippen LogP contribution in [0.2, 0.25) is 5.02 Å². The average molecular weight is 450 g/mol. The highest BCUT2D eigenvalue weighted by Gasteiger charge is 2.53. The van der Waals surface area contributed by atoms with Crippen LogP contribution in [0.4, 0.5) is 11.5 Å². The molecule has 30 heavy (non-hydrogen) atoms. The molecule has 1 saturated carbocycles. The molecular formula is C21H24ClN3O4S. The molecule has 9 heteroatoms. The van der Waals surface area contributed by atoms with Gasteiger partial charge in [0.25, 0.3) is 0 Å². The number of ether oxygens (including phenoxy) is 1. The zero-order valence-corrected chi connectivity index (χ0v) is 18.1. The number of carbonyl (C=O) groups is 1. The van der Waals surface area contributed by atoms with E-state index in [2.05, 4.69) is 15.2 Å². The van der Waals surface area contributed by atoms with Crippen molar-refractivity contribution in [3.63, 3.8) is 0 Å². The Morgan fingerprint density at radius 2 is 1.73 bits per heavy atom. The number of anilines is 2. The van der Waals surface area contributed by atoms with E-state index in [0.717, 1.165) is 18.8 Å². The summed E-state index contributed by atoms with van der Waals surface area (Å²) in [6.45, 7) is 2.92. The second-order valence-corrected chi connectivity index (χ2v) is 10.3. The second kappa shape index (κ2) is 8.53. The Morgan fingerprint density at radius 3 is 2.33 bits per heavy atom. The van der Waals surface area contributed by atoms with Crippen molar-refractivity contribution >= 4 is 38.9 Å². The van der Waals surface area contributed by atoms with Crippen molar-refractivity contribution < 1.29 is 17.9 Å². The summed E-state index contributed by atoms with van der Waals surface area (Å²) in [5.74, 6) is -0.184. The van der Waals surface area contributed by atoms with E-state index in [1.54, 1.807) is 12.3 Å². The van der Waals surface area contributed by atoms with Crippen molar-refractivity contribution in [2.75, 3.05) is 36.5 Å². The van der Waals surface area contributed by atoms with Crippen LogP contribution in [-0.2, 0) is 19.4 Å². The van der Waals surface area contributed by atoms with E-state index < -0.39 is 20.5 Å². The van der Waals surface area contributed by atoms with Crippen molar-refractivity contribution in [2.45, 2.75) is 35.3 Å². The summed E-state index contributed by atoms with van der Waals surface area (Å²) in [6, 6.07) is 9.56. The Balaban J connectivity index is 1.56. The summed E-state index contributed by atoms with van der Waals surface area (Å²) in [5.41, 5.74) is 0.945. The van der Waals surface area contributed by atoms with Gasteiger partial charge in [-0.2, -0.15) is 0 Å². The van der Waals surface area contributed by atoms with E-state index in [1.807, 2.05) is 6.07 Å². The number of morpholine rings is 1. The molecule has 2 aliphatic rings. The molecule has 1 aliphatic carbocycles. The number of pyridine rings is 1. The Morgan fingerprint density at radius 1 is 1.07 bits per heavy atom. The van der Waals surface area contributed by atoms with E-state index in [9.17, 15) is 13.2 Å². The minimum absolute atomic E-state index is 0.111. The van der Waals surface area contributed by atoms with Crippen LogP contribution in [0.3, 0.4) is 0 Å². The third-order valence-corrected chi connectivity index (χ3v) is 8.60. The molecule has 160 valence electrons. The molecule has 1 saturated heterocycles. The van der Waals surface area contributed by atoms with Crippen molar-refractivity contribution in [1.82, 2.24) is 4.98 Å². The fourth-order valence-corrected chi connectivity index (χ4v) is 6.29. The highest BCUT2D eigenvalue weighted by molar-refractivity contribution is 7.93. The molecule has 0 atom stereocenters. The normalized spacial score (nSPS) is 18.9. The number of nitrogens with zero attached hydrogens (tertiary/aromatic N) is 2. The predicted octanol–water partition coefficient (Wildman–Crippen LogP) is 3.30. The Bertz CT molecular complexity index is 998. The zero-order chi connectivity index (χ0) is 21.2. The molecule has 1 amide bonds. The van der Waals surface area contributed by atoms with Crippen LogP contribution in [0.5, 0.6) is 0 Å². The summed E-state index contributed by atoms with van der Waals surface area (Å²) >= 11 is 5.90. The van der Waals surface area contributed by atoms with Gasteiger partial charge in [-0.25, -0.2) is 13.4 Å². The summed E-state index contributed by atoms with van der Waals surface area (Å²) < 4.78 is 30.7. The van der Waals surface area contributed by atoms with Crippen molar-refractivity contribution in [3.05, 3.63) is 47.6 Å². The highest BCUT2D eigenvalue weighted by atomic mass is 35.5. The minimum atomic E-state index is -3.88. The van der Waals surface area contributed by atoms with Gasteiger partial charge in [-0.05, 0) is 49.2 Å². The van der Waals surface area contributed by atoms with Gasteiger partial charge in [0.2, 0.25) is 5.91 Å². The number of sulfone groups is 1. The van der Waals surface area contributed by atoms with Gasteiger partial charge in [-0.1, -0.05) is 24.4 Å². The van der Waals surface area contributed by atoms with Crippen LogP contribution in [0, 0.1) is 0 Å². The first-order valence-electron chi connectivity index (χ1n) is 10.0. The van der Waals surface area contributed by atoms with E-state index in [4.69, 9.17) is 16.3 Å². The summed E-state index contributed by atoms with van der Waals surface area (Å²) in [4.78, 5) is 19.8. The monoisotopic (exact) mass is 449 g/mol. The summed E-state index contributed by atoms with van der Waals surface area (Å²) in [7, 11) is -3.88. The van der Waals surface area contributed by atoms with Crippen LogP contribution in [0.15, 0.2) is 47.5 Å². The number of halogens is 1. The fourth-order valence-electron chi connectivity index (χ4n) is 4.10. The lowest BCUT2D eigenvalue weighted by molar-refractivity contribution is -0.118. The minimum Gasteiger partial charge on any atom is -0.378 e. The van der Waals surface area contributed by atoms with Gasteiger partial charge in [-0.3, -0.25) is 4.79 Å². The SMILES string of the molecule is O=C(Nc1ccc(N2CCOCC2)cn1)C1(S(=O)(=O)c2ccc(Cl)cc2)CCCC1. The maximum absolute atomic E-state index is 13.4. The topological polar surface area (TPSA) is 88.6 Å². The number of carbonyl (C=O) groups excluding carboxylic acids is 1. The fraction of sp³-hybridized carbons (Fsp3) is 0.429. The highest BCUT2D eigenvalue weighted by Crippen LogP contribution is 2.41. The molecule has 0 spiro atoms. The molecule has 1 aromatic carbocycles. The molecule has 2 heterocycles. The lowest BCUT2D eigenvalue weighted by atomic mass is 10.1. The molecule has 7 nitrogen and oxygen atoms in total. The third kappa shape index (κ3) is 3.91. The number of hydrogen-bond donors (Lipinski definition) is 1. The molecule has 4 rings (SSSR count). The molecule has 0 radical (unpaired) electrons. The van der Waals surface area contributed by atoms with Crippen molar-refractivity contribution in [1.29, 1.82) is 0 Å². The van der Waals surface area contributed by atoms with Gasteiger partial charge in [0.05, 0.1) is 30.0 Å². The maximum Gasteiger partial charge on any atom is 0.247 e. The lowest BCUT2D eigenvalue weighted by Gasteiger charge is -2.29. The average Bonchev–Trinajstić information content (AvgIpc) is 3.27. The van der Waals surface area contributed by atoms with Crippen LogP contribution in [0.25, 0.3) is 0 Å². The zero-order valence-electron chi connectivity index (χ0n) is 16.5. The van der Waals surface area contributed by atoms with Crippen molar-refractivity contribution in [2.24, 2.45) is 0 Å². The largest absolute Gasteiger partial charge is 0.378 e. The molecule has 2 fully saturated rings. The first-order valence-corrected chi connectivity index (χ1v) is 11.9. The molecule has 0 unspecified atom stereocenters. The Kier molecular flexibility index (Phi) is 5.99. The number of hydrogen-bond acceptors (Lipinski definition) is 6.